The van der Waals surface area contributed by atoms with Gasteiger partial charge in [0.25, 0.3) is 0 Å². The van der Waals surface area contributed by atoms with Crippen LogP contribution in [0, 0.1) is 0 Å². The molecule has 0 aliphatic rings. The summed E-state index contributed by atoms with van der Waals surface area (Å²) in [6.07, 6.45) is 4.29. The summed E-state index contributed by atoms with van der Waals surface area (Å²) < 4.78 is 5.29. The lowest BCUT2D eigenvalue weighted by atomic mass is 9.98. The Labute approximate surface area is 147 Å². The summed E-state index contributed by atoms with van der Waals surface area (Å²) in [6, 6.07) is 9.74. The highest BCUT2D eigenvalue weighted by Crippen LogP contribution is 2.33. The molecule has 0 aromatic heterocycles. The molecule has 2 aromatic rings. The predicted octanol–water partition coefficient (Wildman–Crippen LogP) is 4.51. The molecule has 0 unspecified atom stereocenters. The van der Waals surface area contributed by atoms with Crippen LogP contribution in [-0.2, 0) is 6.42 Å². The van der Waals surface area contributed by atoms with Gasteiger partial charge in [0.15, 0.2) is 5.78 Å². The van der Waals surface area contributed by atoms with Gasteiger partial charge in [-0.25, -0.2) is 0 Å². The quantitative estimate of drug-likeness (QED) is 0.443. The van der Waals surface area contributed by atoms with E-state index in [9.17, 15) is 15.0 Å². The average Bonchev–Trinajstić information content (AvgIpc) is 2.59. The second-order valence-electron chi connectivity index (χ2n) is 5.89. The topological polar surface area (TPSA) is 66.8 Å². The lowest BCUT2D eigenvalue weighted by Crippen LogP contribution is -2.01. The molecule has 0 saturated heterocycles. The second-order valence-corrected chi connectivity index (χ2v) is 5.89. The van der Waals surface area contributed by atoms with Crippen molar-refractivity contribution >= 4 is 11.9 Å². The van der Waals surface area contributed by atoms with Gasteiger partial charge in [-0.2, -0.15) is 0 Å². The molecule has 0 spiro atoms. The molecule has 0 aliphatic carbocycles. The number of carbonyl (C=O) groups is 1. The fraction of sp³-hybridized carbons (Fsp3) is 0.190. The number of methoxy groups -OCH3 is 1. The molecule has 0 atom stereocenters. The summed E-state index contributed by atoms with van der Waals surface area (Å²) in [5.41, 5.74) is 2.61. The van der Waals surface area contributed by atoms with Crippen LogP contribution in [0.15, 0.2) is 54.6 Å². The van der Waals surface area contributed by atoms with E-state index in [0.717, 1.165) is 11.1 Å². The van der Waals surface area contributed by atoms with E-state index in [2.05, 4.69) is 6.58 Å². The zero-order chi connectivity index (χ0) is 18.4. The molecule has 25 heavy (non-hydrogen) atoms. The lowest BCUT2D eigenvalue weighted by molar-refractivity contribution is 0.104. The van der Waals surface area contributed by atoms with Crippen LogP contribution in [-0.4, -0.2) is 23.1 Å². The van der Waals surface area contributed by atoms with Crippen LogP contribution in [0.25, 0.3) is 6.08 Å². The van der Waals surface area contributed by atoms with Crippen molar-refractivity contribution in [1.29, 1.82) is 0 Å². The Bertz CT molecular complexity index is 801. The third-order valence-corrected chi connectivity index (χ3v) is 3.85. The summed E-state index contributed by atoms with van der Waals surface area (Å²) >= 11 is 0. The van der Waals surface area contributed by atoms with Crippen LogP contribution in [0.3, 0.4) is 0 Å². The highest BCUT2D eigenvalue weighted by atomic mass is 16.5. The van der Waals surface area contributed by atoms with Crippen molar-refractivity contribution in [2.75, 3.05) is 7.11 Å². The van der Waals surface area contributed by atoms with Gasteiger partial charge in [-0.1, -0.05) is 23.8 Å². The van der Waals surface area contributed by atoms with Crippen LogP contribution in [0.5, 0.6) is 17.2 Å². The van der Waals surface area contributed by atoms with Crippen LogP contribution in [0.4, 0.5) is 0 Å². The normalized spacial score (nSPS) is 10.8. The van der Waals surface area contributed by atoms with Crippen LogP contribution >= 0.6 is 0 Å². The molecule has 0 saturated carbocycles. The van der Waals surface area contributed by atoms with E-state index in [1.165, 1.54) is 13.2 Å². The Morgan fingerprint density at radius 3 is 2.44 bits per heavy atom. The third-order valence-electron chi connectivity index (χ3n) is 3.85. The molecular weight excluding hydrogens is 316 g/mol. The molecule has 2 rings (SSSR count). The number of carbonyl (C=O) groups excluding carboxylic acids is 1. The molecule has 130 valence electrons. The molecule has 0 aliphatic heterocycles. The Morgan fingerprint density at radius 2 is 1.84 bits per heavy atom. The summed E-state index contributed by atoms with van der Waals surface area (Å²) in [6.45, 7) is 5.78. The van der Waals surface area contributed by atoms with E-state index in [0.29, 0.717) is 24.2 Å². The fourth-order valence-electron chi connectivity index (χ4n) is 2.43. The smallest absolute Gasteiger partial charge is 0.189 e. The monoisotopic (exact) mass is 338 g/mol. The number of ketones is 1. The van der Waals surface area contributed by atoms with Gasteiger partial charge in [-0.05, 0) is 55.7 Å². The Hall–Kier alpha value is -3.01. The minimum atomic E-state index is -0.301. The van der Waals surface area contributed by atoms with Crippen molar-refractivity contribution in [2.45, 2.75) is 19.8 Å². The maximum Gasteiger partial charge on any atom is 0.189 e. The maximum atomic E-state index is 12.4. The minimum absolute atomic E-state index is 0.0547. The van der Waals surface area contributed by atoms with Crippen LogP contribution in [0.1, 0.15) is 34.8 Å². The van der Waals surface area contributed by atoms with Gasteiger partial charge in [0.2, 0.25) is 0 Å². The molecule has 2 N–H and O–H groups in total. The number of allylic oxidation sites excluding steroid dienone is 2. The van der Waals surface area contributed by atoms with Crippen molar-refractivity contribution in [3.8, 4) is 17.2 Å². The molecule has 0 radical (unpaired) electrons. The Kier molecular flexibility index (Phi) is 6.01. The van der Waals surface area contributed by atoms with Crippen molar-refractivity contribution in [2.24, 2.45) is 0 Å². The number of ether oxygens (including phenoxy) is 1. The first-order chi connectivity index (χ1) is 11.9. The average molecular weight is 338 g/mol. The largest absolute Gasteiger partial charge is 0.508 e. The van der Waals surface area contributed by atoms with Gasteiger partial charge in [0.1, 0.15) is 17.2 Å². The number of benzene rings is 2. The Balaban J connectivity index is 2.28. The number of hydrogen-bond donors (Lipinski definition) is 2. The van der Waals surface area contributed by atoms with Crippen molar-refractivity contribution < 1.29 is 19.7 Å². The highest BCUT2D eigenvalue weighted by molar-refractivity contribution is 6.09. The molecule has 4 nitrogen and oxygen atoms in total. The number of rotatable bonds is 7. The molecule has 0 fully saturated rings. The van der Waals surface area contributed by atoms with Crippen molar-refractivity contribution in [3.63, 3.8) is 0 Å². The van der Waals surface area contributed by atoms with E-state index >= 15 is 0 Å². The van der Waals surface area contributed by atoms with Gasteiger partial charge >= 0.3 is 0 Å². The SMILES string of the molecule is C=C(C)CCc1c(OC)ccc(C(=O)C=Cc2ccc(O)cc2)c1O. The summed E-state index contributed by atoms with van der Waals surface area (Å²) in [5, 5.41) is 19.8. The van der Waals surface area contributed by atoms with Gasteiger partial charge < -0.3 is 14.9 Å². The minimum Gasteiger partial charge on any atom is -0.508 e. The number of hydrogen-bond acceptors (Lipinski definition) is 4. The number of phenolic OH excluding ortho intramolecular Hbond substituents is 2. The first kappa shape index (κ1) is 18.3. The van der Waals surface area contributed by atoms with E-state index in [1.807, 2.05) is 6.92 Å². The van der Waals surface area contributed by atoms with E-state index in [1.54, 1.807) is 42.5 Å². The molecule has 0 bridgehead atoms. The summed E-state index contributed by atoms with van der Waals surface area (Å²) in [7, 11) is 1.53. The van der Waals surface area contributed by atoms with E-state index in [4.69, 9.17) is 4.74 Å². The Morgan fingerprint density at radius 1 is 1.16 bits per heavy atom. The van der Waals surface area contributed by atoms with Crippen molar-refractivity contribution in [3.05, 3.63) is 71.3 Å². The first-order valence-electron chi connectivity index (χ1n) is 7.97. The molecule has 0 amide bonds. The molecule has 2 aromatic carbocycles. The van der Waals surface area contributed by atoms with Crippen molar-refractivity contribution in [1.82, 2.24) is 0 Å². The highest BCUT2D eigenvalue weighted by Gasteiger charge is 2.16. The lowest BCUT2D eigenvalue weighted by Gasteiger charge is -2.13. The number of phenols is 2. The second kappa shape index (κ2) is 8.20. The zero-order valence-corrected chi connectivity index (χ0v) is 14.5. The maximum absolute atomic E-state index is 12.4. The first-order valence-corrected chi connectivity index (χ1v) is 7.97. The van der Waals surface area contributed by atoms with Crippen LogP contribution < -0.4 is 4.74 Å². The molecular formula is C21H22O4. The molecule has 0 heterocycles. The number of aromatic hydroxyl groups is 2. The molecule has 4 heteroatoms. The van der Waals surface area contributed by atoms with Gasteiger partial charge in [-0.15, -0.1) is 6.58 Å². The van der Waals surface area contributed by atoms with Crippen LogP contribution in [0.2, 0.25) is 0 Å². The predicted molar refractivity (Wildman–Crippen MR) is 99.3 cm³/mol. The summed E-state index contributed by atoms with van der Waals surface area (Å²) in [5.74, 6) is 0.363. The summed E-state index contributed by atoms with van der Waals surface area (Å²) in [4.78, 5) is 12.4. The van der Waals surface area contributed by atoms with Gasteiger partial charge in [0, 0.05) is 5.56 Å². The van der Waals surface area contributed by atoms with E-state index in [-0.39, 0.29) is 22.8 Å². The van der Waals surface area contributed by atoms with Gasteiger partial charge in [-0.3, -0.25) is 4.79 Å². The van der Waals surface area contributed by atoms with E-state index < -0.39 is 0 Å². The van der Waals surface area contributed by atoms with Gasteiger partial charge in [0.05, 0.1) is 12.7 Å². The fourth-order valence-corrected chi connectivity index (χ4v) is 2.43. The third kappa shape index (κ3) is 4.73. The standard InChI is InChI=1S/C21H22O4/c1-14(2)4-10-18-20(25-3)13-11-17(21(18)24)19(23)12-7-15-5-8-16(22)9-6-15/h5-9,11-13,22,24H,1,4,10H2,2-3H3. The zero-order valence-electron chi connectivity index (χ0n) is 14.5.